The van der Waals surface area contributed by atoms with Crippen LogP contribution in [0.3, 0.4) is 0 Å². The summed E-state index contributed by atoms with van der Waals surface area (Å²) in [6.45, 7) is 0. The molecule has 3 nitrogen and oxygen atoms in total. The zero-order chi connectivity index (χ0) is 10.5. The van der Waals surface area contributed by atoms with Gasteiger partial charge in [-0.2, -0.15) is 0 Å². The van der Waals surface area contributed by atoms with Crippen molar-refractivity contribution in [2.24, 2.45) is 0 Å². The molecule has 3 heteroatoms. The van der Waals surface area contributed by atoms with Crippen molar-refractivity contribution < 1.29 is 4.42 Å². The lowest BCUT2D eigenvalue weighted by Crippen LogP contribution is -1.69. The van der Waals surface area contributed by atoms with E-state index in [4.69, 9.17) is 4.42 Å². The maximum absolute atomic E-state index is 5.74. The van der Waals surface area contributed by atoms with Gasteiger partial charge in [0.25, 0.3) is 0 Å². The predicted molar refractivity (Wildman–Crippen MR) is 63.4 cm³/mol. The molecule has 16 heavy (non-hydrogen) atoms. The molecule has 0 fully saturated rings. The van der Waals surface area contributed by atoms with Gasteiger partial charge in [0, 0.05) is 28.7 Å². The SMILES string of the molecule is c1ccc2c(c1)[nH]c1oc3ccncc3c12. The zero-order valence-corrected chi connectivity index (χ0v) is 8.40. The second-order valence-electron chi connectivity index (χ2n) is 3.85. The average Bonchev–Trinajstić information content (AvgIpc) is 2.83. The van der Waals surface area contributed by atoms with Crippen molar-refractivity contribution >= 4 is 33.0 Å². The molecule has 3 heterocycles. The van der Waals surface area contributed by atoms with Crippen LogP contribution in [0.4, 0.5) is 0 Å². The minimum Gasteiger partial charge on any atom is -0.440 e. The van der Waals surface area contributed by atoms with Crippen molar-refractivity contribution in [3.05, 3.63) is 42.7 Å². The number of nitrogens with zero attached hydrogens (tertiary/aromatic N) is 1. The fourth-order valence-corrected chi connectivity index (χ4v) is 2.23. The van der Waals surface area contributed by atoms with E-state index in [-0.39, 0.29) is 0 Å². The highest BCUT2D eigenvalue weighted by Crippen LogP contribution is 2.33. The number of hydrogen-bond donors (Lipinski definition) is 1. The fourth-order valence-electron chi connectivity index (χ4n) is 2.23. The van der Waals surface area contributed by atoms with Crippen molar-refractivity contribution in [1.82, 2.24) is 9.97 Å². The first-order chi connectivity index (χ1) is 7.93. The van der Waals surface area contributed by atoms with E-state index in [1.54, 1.807) is 6.20 Å². The highest BCUT2D eigenvalue weighted by molar-refractivity contribution is 6.18. The maximum atomic E-state index is 5.74. The quantitative estimate of drug-likeness (QED) is 0.480. The Hall–Kier alpha value is -2.29. The van der Waals surface area contributed by atoms with Gasteiger partial charge in [-0.1, -0.05) is 18.2 Å². The van der Waals surface area contributed by atoms with E-state index in [9.17, 15) is 0 Å². The number of furan rings is 1. The normalized spacial score (nSPS) is 11.8. The van der Waals surface area contributed by atoms with Crippen molar-refractivity contribution in [3.8, 4) is 0 Å². The van der Waals surface area contributed by atoms with Gasteiger partial charge in [-0.3, -0.25) is 4.98 Å². The molecular weight excluding hydrogens is 200 g/mol. The standard InChI is InChI=1S/C13H8N2O/c1-2-4-10-8(3-1)12-9-7-14-6-5-11(9)16-13(12)15-10/h1-7,15H. The van der Waals surface area contributed by atoms with Gasteiger partial charge in [-0.05, 0) is 12.1 Å². The van der Waals surface area contributed by atoms with Crippen LogP contribution in [0.15, 0.2) is 47.1 Å². The van der Waals surface area contributed by atoms with Crippen LogP contribution in [0, 0.1) is 0 Å². The van der Waals surface area contributed by atoms with Crippen molar-refractivity contribution in [2.75, 3.05) is 0 Å². The van der Waals surface area contributed by atoms with E-state index in [0.717, 1.165) is 27.6 Å². The summed E-state index contributed by atoms with van der Waals surface area (Å²) in [5.74, 6) is 0. The second-order valence-corrected chi connectivity index (χ2v) is 3.85. The molecule has 0 amide bonds. The van der Waals surface area contributed by atoms with Crippen LogP contribution in [0.25, 0.3) is 33.0 Å². The third-order valence-electron chi connectivity index (χ3n) is 2.93. The lowest BCUT2D eigenvalue weighted by atomic mass is 10.1. The molecule has 0 saturated carbocycles. The summed E-state index contributed by atoms with van der Waals surface area (Å²) in [5.41, 5.74) is 2.80. The van der Waals surface area contributed by atoms with E-state index in [1.807, 2.05) is 30.5 Å². The molecule has 3 aromatic heterocycles. The molecule has 0 aliphatic carbocycles. The summed E-state index contributed by atoms with van der Waals surface area (Å²) in [5, 5.41) is 3.37. The highest BCUT2D eigenvalue weighted by atomic mass is 16.3. The van der Waals surface area contributed by atoms with Crippen molar-refractivity contribution in [2.45, 2.75) is 0 Å². The van der Waals surface area contributed by atoms with E-state index >= 15 is 0 Å². The Morgan fingerprint density at radius 3 is 3.00 bits per heavy atom. The molecule has 0 aliphatic rings. The molecule has 1 aromatic carbocycles. The summed E-state index contributed by atoms with van der Waals surface area (Å²) >= 11 is 0. The van der Waals surface area contributed by atoms with E-state index in [2.05, 4.69) is 16.0 Å². The average molecular weight is 208 g/mol. The number of pyridine rings is 1. The topological polar surface area (TPSA) is 41.8 Å². The molecule has 0 radical (unpaired) electrons. The summed E-state index contributed by atoms with van der Waals surface area (Å²) in [4.78, 5) is 7.42. The highest BCUT2D eigenvalue weighted by Gasteiger charge is 2.11. The first-order valence-electron chi connectivity index (χ1n) is 5.16. The number of benzene rings is 1. The number of aromatic amines is 1. The molecule has 1 N–H and O–H groups in total. The summed E-state index contributed by atoms with van der Waals surface area (Å²) < 4.78 is 5.74. The number of nitrogens with one attached hydrogen (secondary N) is 1. The Kier molecular flexibility index (Phi) is 1.31. The van der Waals surface area contributed by atoms with Crippen LogP contribution in [0.2, 0.25) is 0 Å². The number of hydrogen-bond acceptors (Lipinski definition) is 2. The number of rotatable bonds is 0. The molecule has 0 saturated heterocycles. The largest absolute Gasteiger partial charge is 0.440 e. The Morgan fingerprint density at radius 2 is 2.00 bits per heavy atom. The van der Waals surface area contributed by atoms with Gasteiger partial charge in [0.1, 0.15) is 5.58 Å². The van der Waals surface area contributed by atoms with Crippen LogP contribution in [0.5, 0.6) is 0 Å². The van der Waals surface area contributed by atoms with Crippen molar-refractivity contribution in [1.29, 1.82) is 0 Å². The molecule has 76 valence electrons. The minimum atomic E-state index is 0.823. The summed E-state index contributed by atoms with van der Waals surface area (Å²) in [7, 11) is 0. The molecule has 4 rings (SSSR count). The van der Waals surface area contributed by atoms with Crippen LogP contribution in [0.1, 0.15) is 0 Å². The van der Waals surface area contributed by atoms with Gasteiger partial charge in [0.15, 0.2) is 0 Å². The van der Waals surface area contributed by atoms with Gasteiger partial charge < -0.3 is 9.40 Å². The van der Waals surface area contributed by atoms with Gasteiger partial charge in [0.2, 0.25) is 5.71 Å². The van der Waals surface area contributed by atoms with Gasteiger partial charge in [-0.25, -0.2) is 0 Å². The lowest BCUT2D eigenvalue weighted by molar-refractivity contribution is 0.656. The molecule has 0 spiro atoms. The van der Waals surface area contributed by atoms with Crippen LogP contribution >= 0.6 is 0 Å². The summed E-state index contributed by atoms with van der Waals surface area (Å²) in [6.07, 6.45) is 3.59. The van der Waals surface area contributed by atoms with E-state index in [1.165, 1.54) is 5.39 Å². The molecule has 0 aliphatic heterocycles. The van der Waals surface area contributed by atoms with E-state index in [0.29, 0.717) is 0 Å². The second kappa shape index (κ2) is 2.64. The minimum absolute atomic E-state index is 0.823. The molecular formula is C13H8N2O. The van der Waals surface area contributed by atoms with Crippen LogP contribution in [-0.4, -0.2) is 9.97 Å². The maximum Gasteiger partial charge on any atom is 0.206 e. The van der Waals surface area contributed by atoms with E-state index < -0.39 is 0 Å². The number of H-pyrrole nitrogens is 1. The third kappa shape index (κ3) is 0.852. The third-order valence-corrected chi connectivity index (χ3v) is 2.93. The van der Waals surface area contributed by atoms with Gasteiger partial charge in [0.05, 0.1) is 5.39 Å². The lowest BCUT2D eigenvalue weighted by Gasteiger charge is -1.89. The summed E-state index contributed by atoms with van der Waals surface area (Å²) in [6, 6.07) is 10.1. The first-order valence-corrected chi connectivity index (χ1v) is 5.16. The molecule has 4 aromatic rings. The van der Waals surface area contributed by atoms with Gasteiger partial charge in [-0.15, -0.1) is 0 Å². The zero-order valence-electron chi connectivity index (χ0n) is 8.40. The van der Waals surface area contributed by atoms with Crippen LogP contribution in [-0.2, 0) is 0 Å². The molecule has 0 unspecified atom stereocenters. The Balaban J connectivity index is 2.38. The monoisotopic (exact) mass is 208 g/mol. The van der Waals surface area contributed by atoms with Crippen molar-refractivity contribution in [3.63, 3.8) is 0 Å². The number of para-hydroxylation sites is 1. The number of fused-ring (bicyclic) bond motifs is 5. The predicted octanol–water partition coefficient (Wildman–Crippen LogP) is 3.46. The Labute approximate surface area is 90.7 Å². The Bertz CT molecular complexity index is 745. The Morgan fingerprint density at radius 1 is 1.06 bits per heavy atom. The fraction of sp³-hybridized carbons (Fsp3) is 0. The smallest absolute Gasteiger partial charge is 0.206 e. The first kappa shape index (κ1) is 7.93. The van der Waals surface area contributed by atoms with Gasteiger partial charge >= 0.3 is 0 Å². The molecule has 0 bridgehead atoms. The number of aromatic nitrogens is 2. The molecule has 0 atom stereocenters. The van der Waals surface area contributed by atoms with Crippen LogP contribution < -0.4 is 0 Å².